The minimum absolute atomic E-state index is 0. The van der Waals surface area contributed by atoms with Gasteiger partial charge in [-0.2, -0.15) is 0 Å². The normalized spacial score (nSPS) is 17.2. The van der Waals surface area contributed by atoms with Crippen LogP contribution in [0.2, 0.25) is 0 Å². The minimum atomic E-state index is -0.404. The van der Waals surface area contributed by atoms with Gasteiger partial charge in [-0.3, -0.25) is 4.79 Å². The van der Waals surface area contributed by atoms with Crippen LogP contribution >= 0.6 is 24.8 Å². The zero-order valence-corrected chi connectivity index (χ0v) is 12.0. The molecule has 2 rings (SSSR count). The summed E-state index contributed by atoms with van der Waals surface area (Å²) < 4.78 is 12.6. The molecule has 0 aliphatic carbocycles. The van der Waals surface area contributed by atoms with Gasteiger partial charge in [-0.25, -0.2) is 9.37 Å². The average molecular weight is 310 g/mol. The summed E-state index contributed by atoms with van der Waals surface area (Å²) in [5.74, 6) is -0.0771. The van der Waals surface area contributed by atoms with Crippen LogP contribution in [0, 0.1) is 5.82 Å². The van der Waals surface area contributed by atoms with Crippen LogP contribution in [0.5, 0.6) is 0 Å². The molecule has 1 aromatic rings. The zero-order chi connectivity index (χ0) is 12.1. The molecule has 0 aromatic carbocycles. The van der Waals surface area contributed by atoms with E-state index in [-0.39, 0.29) is 30.7 Å². The monoisotopic (exact) mass is 309 g/mol. The predicted octanol–water partition coefficient (Wildman–Crippen LogP) is 2.54. The first kappa shape index (κ1) is 18.1. The van der Waals surface area contributed by atoms with Crippen molar-refractivity contribution < 1.29 is 9.18 Å². The van der Waals surface area contributed by atoms with Crippen LogP contribution in [0.4, 0.5) is 10.2 Å². The lowest BCUT2D eigenvalue weighted by molar-refractivity contribution is -0.116. The van der Waals surface area contributed by atoms with Gasteiger partial charge in [-0.05, 0) is 37.9 Å². The Bertz CT molecular complexity index is 383. The van der Waals surface area contributed by atoms with E-state index >= 15 is 0 Å². The lowest BCUT2D eigenvalue weighted by Crippen LogP contribution is -2.23. The molecule has 0 radical (unpaired) electrons. The fraction of sp³-hybridized carbons (Fsp3) is 0.500. The number of nitrogens with one attached hydrogen (secondary N) is 2. The third-order valence-corrected chi connectivity index (χ3v) is 2.88. The number of carbonyl (C=O) groups excluding carboxylic acids is 1. The molecule has 0 bridgehead atoms. The first-order valence-electron chi connectivity index (χ1n) is 5.89. The van der Waals surface area contributed by atoms with Crippen molar-refractivity contribution >= 4 is 36.5 Å². The Hall–Kier alpha value is -0.910. The van der Waals surface area contributed by atoms with Crippen molar-refractivity contribution in [2.24, 2.45) is 0 Å². The molecule has 1 aliphatic heterocycles. The van der Waals surface area contributed by atoms with Crippen LogP contribution in [0.15, 0.2) is 18.3 Å². The van der Waals surface area contributed by atoms with Crippen LogP contribution in [0.3, 0.4) is 0 Å². The Morgan fingerprint density at radius 1 is 1.47 bits per heavy atom. The maximum Gasteiger partial charge on any atom is 0.225 e. The number of aromatic nitrogens is 1. The lowest BCUT2D eigenvalue weighted by atomic mass is 10.1. The molecule has 4 nitrogen and oxygen atoms in total. The summed E-state index contributed by atoms with van der Waals surface area (Å²) in [5.41, 5.74) is 0. The number of pyridine rings is 1. The van der Waals surface area contributed by atoms with Gasteiger partial charge >= 0.3 is 0 Å². The van der Waals surface area contributed by atoms with E-state index in [2.05, 4.69) is 15.6 Å². The van der Waals surface area contributed by atoms with E-state index in [4.69, 9.17) is 0 Å². The first-order valence-corrected chi connectivity index (χ1v) is 5.89. The standard InChI is InChI=1S/C12H16FN3O.2ClH/c13-9-3-5-11(15-8-9)16-12(17)6-4-10-2-1-7-14-10;;/h3,5,8,10,14H,1-2,4,6-7H2,(H,15,16,17);2*1H. The van der Waals surface area contributed by atoms with Crippen molar-refractivity contribution in [2.75, 3.05) is 11.9 Å². The van der Waals surface area contributed by atoms with E-state index in [1.807, 2.05) is 0 Å². The second-order valence-corrected chi connectivity index (χ2v) is 4.24. The number of halogens is 3. The van der Waals surface area contributed by atoms with Gasteiger partial charge in [0, 0.05) is 12.5 Å². The quantitative estimate of drug-likeness (QED) is 0.898. The van der Waals surface area contributed by atoms with E-state index in [0.717, 1.165) is 25.6 Å². The van der Waals surface area contributed by atoms with Crippen molar-refractivity contribution in [3.63, 3.8) is 0 Å². The van der Waals surface area contributed by atoms with Crippen LogP contribution in [-0.4, -0.2) is 23.5 Å². The van der Waals surface area contributed by atoms with E-state index in [9.17, 15) is 9.18 Å². The fourth-order valence-corrected chi connectivity index (χ4v) is 1.96. The molecule has 7 heteroatoms. The summed E-state index contributed by atoms with van der Waals surface area (Å²) in [7, 11) is 0. The van der Waals surface area contributed by atoms with Crippen LogP contribution in [0.1, 0.15) is 25.7 Å². The number of rotatable bonds is 4. The molecular formula is C12H18Cl2FN3O. The number of carbonyl (C=O) groups is 1. The Morgan fingerprint density at radius 3 is 2.84 bits per heavy atom. The van der Waals surface area contributed by atoms with E-state index in [0.29, 0.717) is 18.3 Å². The number of amides is 1. The molecule has 1 atom stereocenters. The van der Waals surface area contributed by atoms with Gasteiger partial charge in [-0.15, -0.1) is 24.8 Å². The SMILES string of the molecule is Cl.Cl.O=C(CCC1CCCN1)Nc1ccc(F)cn1. The molecule has 1 aliphatic rings. The average Bonchev–Trinajstić information content (AvgIpc) is 2.83. The van der Waals surface area contributed by atoms with Gasteiger partial charge in [0.1, 0.15) is 11.6 Å². The Balaban J connectivity index is 0.00000162. The molecule has 0 spiro atoms. The number of nitrogens with zero attached hydrogens (tertiary/aromatic N) is 1. The first-order chi connectivity index (χ1) is 8.24. The molecule has 1 unspecified atom stereocenters. The summed E-state index contributed by atoms with van der Waals surface area (Å²) in [5, 5.41) is 5.99. The van der Waals surface area contributed by atoms with E-state index in [1.54, 1.807) is 0 Å². The molecule has 1 aromatic heterocycles. The summed E-state index contributed by atoms with van der Waals surface area (Å²) in [6.45, 7) is 1.05. The van der Waals surface area contributed by atoms with Gasteiger partial charge in [0.15, 0.2) is 0 Å². The van der Waals surface area contributed by atoms with Crippen molar-refractivity contribution in [3.8, 4) is 0 Å². The number of hydrogen-bond donors (Lipinski definition) is 2. The fourth-order valence-electron chi connectivity index (χ4n) is 1.96. The highest BCUT2D eigenvalue weighted by Gasteiger charge is 2.15. The molecule has 1 saturated heterocycles. The van der Waals surface area contributed by atoms with Gasteiger partial charge in [-0.1, -0.05) is 0 Å². The Kier molecular flexibility index (Phi) is 8.63. The molecule has 2 N–H and O–H groups in total. The molecule has 108 valence electrons. The van der Waals surface area contributed by atoms with Crippen LogP contribution in [0.25, 0.3) is 0 Å². The van der Waals surface area contributed by atoms with E-state index in [1.165, 1.54) is 18.6 Å². The molecule has 0 saturated carbocycles. The van der Waals surface area contributed by atoms with Crippen molar-refractivity contribution in [1.29, 1.82) is 0 Å². The molecule has 19 heavy (non-hydrogen) atoms. The van der Waals surface area contributed by atoms with Crippen molar-refractivity contribution in [1.82, 2.24) is 10.3 Å². The maximum absolute atomic E-state index is 12.6. The topological polar surface area (TPSA) is 54.0 Å². The summed E-state index contributed by atoms with van der Waals surface area (Å²) in [4.78, 5) is 15.4. The second kappa shape index (κ2) is 9.07. The van der Waals surface area contributed by atoms with Gasteiger partial charge < -0.3 is 10.6 Å². The largest absolute Gasteiger partial charge is 0.314 e. The second-order valence-electron chi connectivity index (χ2n) is 4.24. The Morgan fingerprint density at radius 2 is 2.26 bits per heavy atom. The molecular weight excluding hydrogens is 292 g/mol. The number of anilines is 1. The Labute approximate surface area is 124 Å². The van der Waals surface area contributed by atoms with Crippen LogP contribution in [-0.2, 0) is 4.79 Å². The third kappa shape index (κ3) is 6.18. The van der Waals surface area contributed by atoms with Crippen molar-refractivity contribution in [2.45, 2.75) is 31.7 Å². The van der Waals surface area contributed by atoms with Gasteiger partial charge in [0.25, 0.3) is 0 Å². The molecule has 1 fully saturated rings. The molecule has 2 heterocycles. The summed E-state index contributed by atoms with van der Waals surface area (Å²) in [6.07, 6.45) is 4.73. The minimum Gasteiger partial charge on any atom is -0.314 e. The highest BCUT2D eigenvalue weighted by molar-refractivity contribution is 5.89. The predicted molar refractivity (Wildman–Crippen MR) is 77.6 cm³/mol. The third-order valence-electron chi connectivity index (χ3n) is 2.88. The highest BCUT2D eigenvalue weighted by Crippen LogP contribution is 2.11. The summed E-state index contributed by atoms with van der Waals surface area (Å²) in [6, 6.07) is 3.20. The highest BCUT2D eigenvalue weighted by atomic mass is 35.5. The summed E-state index contributed by atoms with van der Waals surface area (Å²) >= 11 is 0. The van der Waals surface area contributed by atoms with E-state index < -0.39 is 5.82 Å². The molecule has 1 amide bonds. The van der Waals surface area contributed by atoms with Gasteiger partial charge in [0.05, 0.1) is 6.20 Å². The maximum atomic E-state index is 12.6. The smallest absolute Gasteiger partial charge is 0.225 e. The zero-order valence-electron chi connectivity index (χ0n) is 10.4. The van der Waals surface area contributed by atoms with Crippen LogP contribution < -0.4 is 10.6 Å². The van der Waals surface area contributed by atoms with Gasteiger partial charge in [0.2, 0.25) is 5.91 Å². The lowest BCUT2D eigenvalue weighted by Gasteiger charge is -2.09. The number of hydrogen-bond acceptors (Lipinski definition) is 3. The van der Waals surface area contributed by atoms with Crippen molar-refractivity contribution in [3.05, 3.63) is 24.1 Å².